The van der Waals surface area contributed by atoms with Crippen LogP contribution in [0.25, 0.3) is 0 Å². The van der Waals surface area contributed by atoms with Crippen LogP contribution in [0.1, 0.15) is 41.4 Å². The van der Waals surface area contributed by atoms with E-state index in [1.807, 2.05) is 6.92 Å². The fraction of sp³-hybridized carbons (Fsp3) is 0.692. The molecule has 1 unspecified atom stereocenters. The highest BCUT2D eigenvalue weighted by atomic mass is 32.1. The largest absolute Gasteiger partial charge is 0.351 e. The number of urea groups is 1. The van der Waals surface area contributed by atoms with E-state index in [1.165, 1.54) is 4.88 Å². The van der Waals surface area contributed by atoms with Crippen LogP contribution >= 0.6 is 11.3 Å². The van der Waals surface area contributed by atoms with Gasteiger partial charge in [0.1, 0.15) is 0 Å². The number of nitrogens with one attached hydrogen (secondary N) is 1. The van der Waals surface area contributed by atoms with Crippen LogP contribution < -0.4 is 11.1 Å². The quantitative estimate of drug-likeness (QED) is 0.890. The summed E-state index contributed by atoms with van der Waals surface area (Å²) in [7, 11) is 0. The molecule has 2 rings (SSSR count). The Balaban J connectivity index is 1.89. The highest BCUT2D eigenvalue weighted by Crippen LogP contribution is 2.25. The number of aromatic nitrogens is 1. The number of aryl methyl sites for hydroxylation is 2. The first-order valence-electron chi connectivity index (χ1n) is 6.71. The topological polar surface area (TPSA) is 71.2 Å². The van der Waals surface area contributed by atoms with Crippen LogP contribution in [0.15, 0.2) is 0 Å². The zero-order valence-corrected chi connectivity index (χ0v) is 12.6. The third-order valence-corrected chi connectivity index (χ3v) is 4.88. The maximum atomic E-state index is 11.1. The normalized spacial score (nSPS) is 18.6. The van der Waals surface area contributed by atoms with Crippen molar-refractivity contribution in [2.45, 2.75) is 45.7 Å². The lowest BCUT2D eigenvalue weighted by atomic mass is 10.0. The molecule has 0 saturated carbocycles. The second-order valence-corrected chi connectivity index (χ2v) is 6.41. The lowest BCUT2D eigenvalue weighted by molar-refractivity contribution is 0.183. The molecule has 5 nitrogen and oxygen atoms in total. The Hall–Kier alpha value is -1.14. The third-order valence-electron chi connectivity index (χ3n) is 3.63. The molecule has 3 N–H and O–H groups in total. The number of hydrogen-bond acceptors (Lipinski definition) is 4. The van der Waals surface area contributed by atoms with E-state index in [1.54, 1.807) is 16.2 Å². The Labute approximate surface area is 118 Å². The second kappa shape index (κ2) is 5.88. The van der Waals surface area contributed by atoms with Crippen molar-refractivity contribution in [3.63, 3.8) is 0 Å². The average molecular weight is 282 g/mol. The van der Waals surface area contributed by atoms with Gasteiger partial charge in [-0.25, -0.2) is 9.78 Å². The van der Waals surface area contributed by atoms with Gasteiger partial charge in [-0.1, -0.05) is 0 Å². The molecule has 0 spiro atoms. The number of rotatable bonds is 3. The van der Waals surface area contributed by atoms with Crippen LogP contribution in [0, 0.1) is 13.8 Å². The molecule has 0 radical (unpaired) electrons. The molecule has 6 heteroatoms. The molecule has 19 heavy (non-hydrogen) atoms. The maximum Gasteiger partial charge on any atom is 0.314 e. The minimum atomic E-state index is -0.305. The molecule has 2 heterocycles. The van der Waals surface area contributed by atoms with Crippen molar-refractivity contribution in [1.82, 2.24) is 15.2 Å². The Morgan fingerprint density at radius 3 is 2.58 bits per heavy atom. The van der Waals surface area contributed by atoms with Crippen LogP contribution in [0.4, 0.5) is 4.79 Å². The highest BCUT2D eigenvalue weighted by molar-refractivity contribution is 7.11. The number of thiazole rings is 1. The lowest BCUT2D eigenvalue weighted by Gasteiger charge is -2.32. The van der Waals surface area contributed by atoms with Crippen molar-refractivity contribution in [2.24, 2.45) is 5.73 Å². The van der Waals surface area contributed by atoms with Crippen molar-refractivity contribution >= 4 is 17.4 Å². The molecule has 0 aromatic carbocycles. The second-order valence-electron chi connectivity index (χ2n) is 5.17. The number of amides is 2. The predicted octanol–water partition coefficient (Wildman–Crippen LogP) is 1.95. The van der Waals surface area contributed by atoms with Gasteiger partial charge < -0.3 is 16.0 Å². The Kier molecular flexibility index (Phi) is 4.42. The van der Waals surface area contributed by atoms with E-state index >= 15 is 0 Å². The van der Waals surface area contributed by atoms with Crippen LogP contribution in [0.2, 0.25) is 0 Å². The van der Waals surface area contributed by atoms with Gasteiger partial charge >= 0.3 is 6.03 Å². The van der Waals surface area contributed by atoms with Crippen LogP contribution in [0.5, 0.6) is 0 Å². The number of nitrogens with zero attached hydrogens (tertiary/aromatic N) is 2. The Morgan fingerprint density at radius 1 is 1.47 bits per heavy atom. The van der Waals surface area contributed by atoms with Crippen molar-refractivity contribution in [2.75, 3.05) is 13.1 Å². The molecule has 1 aliphatic heterocycles. The summed E-state index contributed by atoms with van der Waals surface area (Å²) in [6.07, 6.45) is 1.92. The molecule has 1 fully saturated rings. The number of carbonyl (C=O) groups excluding carboxylic acids is 1. The van der Waals surface area contributed by atoms with E-state index in [9.17, 15) is 4.79 Å². The number of carbonyl (C=O) groups is 1. The molecule has 0 bridgehead atoms. The minimum absolute atomic E-state index is 0.305. The number of piperidine rings is 1. The van der Waals surface area contributed by atoms with Crippen molar-refractivity contribution in [3.8, 4) is 0 Å². The summed E-state index contributed by atoms with van der Waals surface area (Å²) < 4.78 is 0. The number of nitrogens with two attached hydrogens (primary N) is 1. The standard InChI is InChI=1S/C13H22N4OS/c1-8-12(19-10(3)15-8)9(2)16-11-4-6-17(7-5-11)13(14)18/h9,11,16H,4-7H2,1-3H3,(H2,14,18). The molecule has 0 aliphatic carbocycles. The smallest absolute Gasteiger partial charge is 0.314 e. The molecule has 1 aromatic rings. The summed E-state index contributed by atoms with van der Waals surface area (Å²) >= 11 is 1.76. The molecule has 1 aromatic heterocycles. The number of likely N-dealkylation sites (tertiary alicyclic amines) is 1. The average Bonchev–Trinajstić information content (AvgIpc) is 2.69. The molecule has 2 amide bonds. The first-order valence-corrected chi connectivity index (χ1v) is 7.53. The van der Waals surface area contributed by atoms with E-state index in [4.69, 9.17) is 5.73 Å². The maximum absolute atomic E-state index is 11.1. The summed E-state index contributed by atoms with van der Waals surface area (Å²) in [5.41, 5.74) is 6.41. The third kappa shape index (κ3) is 3.45. The number of primary amides is 1. The Bertz CT molecular complexity index is 451. The molecule has 1 saturated heterocycles. The predicted molar refractivity (Wildman–Crippen MR) is 77.3 cm³/mol. The van der Waals surface area contributed by atoms with Gasteiger partial charge in [-0.05, 0) is 33.6 Å². The van der Waals surface area contributed by atoms with Gasteiger partial charge in [0.05, 0.1) is 10.7 Å². The van der Waals surface area contributed by atoms with E-state index in [0.29, 0.717) is 12.1 Å². The summed E-state index contributed by atoms with van der Waals surface area (Å²) in [6.45, 7) is 7.78. The highest BCUT2D eigenvalue weighted by Gasteiger charge is 2.23. The van der Waals surface area contributed by atoms with Crippen LogP contribution in [0.3, 0.4) is 0 Å². The van der Waals surface area contributed by atoms with Gasteiger partial charge in [0.25, 0.3) is 0 Å². The van der Waals surface area contributed by atoms with E-state index in [-0.39, 0.29) is 6.03 Å². The van der Waals surface area contributed by atoms with Gasteiger partial charge in [0.2, 0.25) is 0 Å². The zero-order valence-electron chi connectivity index (χ0n) is 11.8. The number of hydrogen-bond donors (Lipinski definition) is 2. The summed E-state index contributed by atoms with van der Waals surface area (Å²) in [5, 5.41) is 4.76. The van der Waals surface area contributed by atoms with Crippen molar-refractivity contribution in [1.29, 1.82) is 0 Å². The molecule has 106 valence electrons. The van der Waals surface area contributed by atoms with E-state index in [2.05, 4.69) is 24.1 Å². The summed E-state index contributed by atoms with van der Waals surface area (Å²) in [6, 6.07) is 0.462. The minimum Gasteiger partial charge on any atom is -0.351 e. The Morgan fingerprint density at radius 2 is 2.11 bits per heavy atom. The van der Waals surface area contributed by atoms with Crippen LogP contribution in [-0.2, 0) is 0 Å². The molecular formula is C13H22N4OS. The van der Waals surface area contributed by atoms with Gasteiger partial charge in [0.15, 0.2) is 0 Å². The van der Waals surface area contributed by atoms with Crippen LogP contribution in [-0.4, -0.2) is 35.0 Å². The van der Waals surface area contributed by atoms with Gasteiger partial charge in [-0.3, -0.25) is 0 Å². The van der Waals surface area contributed by atoms with Gasteiger partial charge in [0, 0.05) is 30.1 Å². The van der Waals surface area contributed by atoms with Gasteiger partial charge in [-0.2, -0.15) is 0 Å². The molecule has 1 aliphatic rings. The molecular weight excluding hydrogens is 260 g/mol. The zero-order chi connectivity index (χ0) is 14.0. The first kappa shape index (κ1) is 14.3. The van der Waals surface area contributed by atoms with E-state index in [0.717, 1.165) is 36.6 Å². The van der Waals surface area contributed by atoms with E-state index < -0.39 is 0 Å². The lowest BCUT2D eigenvalue weighted by Crippen LogP contribution is -2.47. The summed E-state index contributed by atoms with van der Waals surface area (Å²) in [5.74, 6) is 0. The first-order chi connectivity index (χ1) is 8.97. The summed E-state index contributed by atoms with van der Waals surface area (Å²) in [4.78, 5) is 18.6. The van der Waals surface area contributed by atoms with Gasteiger partial charge in [-0.15, -0.1) is 11.3 Å². The fourth-order valence-electron chi connectivity index (χ4n) is 2.64. The van der Waals surface area contributed by atoms with Crippen molar-refractivity contribution < 1.29 is 4.79 Å². The van der Waals surface area contributed by atoms with Crippen molar-refractivity contribution in [3.05, 3.63) is 15.6 Å². The fourth-order valence-corrected chi connectivity index (χ4v) is 3.58. The molecule has 1 atom stereocenters. The monoisotopic (exact) mass is 282 g/mol. The SMILES string of the molecule is Cc1nc(C)c(C(C)NC2CCN(C(N)=O)CC2)s1.